The highest BCUT2D eigenvalue weighted by Crippen LogP contribution is 2.63. The van der Waals surface area contributed by atoms with Gasteiger partial charge in [-0.2, -0.15) is 0 Å². The number of alkyl halides is 2. The zero-order valence-electron chi connectivity index (χ0n) is 28.6. The number of methoxy groups -OCH3 is 1. The van der Waals surface area contributed by atoms with Crippen molar-refractivity contribution in [3.05, 3.63) is 110 Å². The highest BCUT2D eigenvalue weighted by molar-refractivity contribution is 7.23. The number of fused-ring (bicyclic) bond motifs is 3. The SMILES string of the molecule is COc1c(F)ccc2c1CC[C@H]2Nc1nc(C(F)F)cc2cc(-c3c4c(nc(CCc5ccc(F)cc5)c3-c3n[nH]c(=O)o3)C35CC(CN3C4=O)C5)sc12. The second-order valence-electron chi connectivity index (χ2n) is 14.4. The van der Waals surface area contributed by atoms with Gasteiger partial charge in [0.05, 0.1) is 45.9 Å². The van der Waals surface area contributed by atoms with Crippen LogP contribution in [0.3, 0.4) is 0 Å². The fourth-order valence-electron chi connectivity index (χ4n) is 9.08. The van der Waals surface area contributed by atoms with E-state index >= 15 is 0 Å². The highest BCUT2D eigenvalue weighted by Gasteiger charge is 2.65. The van der Waals surface area contributed by atoms with E-state index in [-0.39, 0.29) is 35.2 Å². The van der Waals surface area contributed by atoms with Crippen LogP contribution in [0.1, 0.15) is 75.9 Å². The molecule has 0 unspecified atom stereocenters. The number of aryl methyl sites for hydroxylation is 2. The first-order valence-electron chi connectivity index (χ1n) is 17.7. The van der Waals surface area contributed by atoms with Crippen LogP contribution >= 0.6 is 11.3 Å². The molecule has 54 heavy (non-hydrogen) atoms. The van der Waals surface area contributed by atoms with E-state index in [1.165, 1.54) is 42.7 Å². The molecule has 0 radical (unpaired) electrons. The van der Waals surface area contributed by atoms with Crippen molar-refractivity contribution < 1.29 is 31.5 Å². The number of anilines is 1. The molecule has 15 heteroatoms. The maximum atomic E-state index is 14.6. The molecule has 1 spiro atoms. The summed E-state index contributed by atoms with van der Waals surface area (Å²) in [6, 6.07) is 11.9. The van der Waals surface area contributed by atoms with E-state index in [2.05, 4.69) is 20.5 Å². The molecule has 7 heterocycles. The van der Waals surface area contributed by atoms with Crippen molar-refractivity contribution in [3.63, 3.8) is 0 Å². The van der Waals surface area contributed by atoms with Crippen LogP contribution < -0.4 is 15.8 Å². The molecule has 10 nitrogen and oxygen atoms in total. The molecule has 2 saturated heterocycles. The van der Waals surface area contributed by atoms with Gasteiger partial charge >= 0.3 is 5.76 Å². The standard InChI is InChI=1S/C39H30F4N6O4S/c1-52-31-22-8-11-24(21(22)7-9-23(31)41)45-35-32-19(12-26(46-35)34(42)43)13-27(54-32)29-28(36-47-48-38(51)53-36)25(10-4-17-2-5-20(40)6-3-17)44-33-30(29)37(50)49-16-18-14-39(33,49)15-18/h2-3,5-7,9,12-13,18,24,34H,4,8,10-11,14-16H2,1H3,(H,45,46)(H,48,51)/t18?,24-,39?/m1/s1. The third-order valence-electron chi connectivity index (χ3n) is 11.4. The molecule has 1 saturated carbocycles. The van der Waals surface area contributed by atoms with E-state index in [1.54, 1.807) is 24.3 Å². The number of ether oxygens (including phenoxy) is 1. The van der Waals surface area contributed by atoms with Gasteiger partial charge in [-0.15, -0.1) is 16.4 Å². The first-order valence-corrected chi connectivity index (χ1v) is 18.5. The van der Waals surface area contributed by atoms with Crippen LogP contribution in [0.25, 0.3) is 32.0 Å². The van der Waals surface area contributed by atoms with E-state index in [9.17, 15) is 27.2 Å². The summed E-state index contributed by atoms with van der Waals surface area (Å²) in [6.45, 7) is 0.603. The lowest BCUT2D eigenvalue weighted by molar-refractivity contribution is 0.0637. The topological polar surface area (TPSA) is 126 Å². The third kappa shape index (κ3) is 4.86. The highest BCUT2D eigenvalue weighted by atomic mass is 32.1. The molecule has 3 aliphatic heterocycles. The Balaban J connectivity index is 1.17. The maximum Gasteiger partial charge on any atom is 0.434 e. The summed E-state index contributed by atoms with van der Waals surface area (Å²) in [7, 11) is 1.41. The number of nitrogens with zero attached hydrogens (tertiary/aromatic N) is 4. The summed E-state index contributed by atoms with van der Waals surface area (Å²) in [5.41, 5.74) is 3.74. The lowest BCUT2D eigenvalue weighted by Gasteiger charge is -2.37. The van der Waals surface area contributed by atoms with Crippen LogP contribution in [-0.2, 0) is 24.8 Å². The molecule has 11 rings (SSSR count). The average molecular weight is 755 g/mol. The van der Waals surface area contributed by atoms with Gasteiger partial charge in [0, 0.05) is 22.5 Å². The molecule has 4 aromatic heterocycles. The van der Waals surface area contributed by atoms with Crippen LogP contribution in [0.5, 0.6) is 5.75 Å². The van der Waals surface area contributed by atoms with E-state index in [4.69, 9.17) is 14.1 Å². The number of halogens is 4. The van der Waals surface area contributed by atoms with Crippen LogP contribution in [0, 0.1) is 17.6 Å². The summed E-state index contributed by atoms with van der Waals surface area (Å²) in [5, 5.41) is 10.4. The third-order valence-corrected chi connectivity index (χ3v) is 12.6. The van der Waals surface area contributed by atoms with Gasteiger partial charge < -0.3 is 19.4 Å². The van der Waals surface area contributed by atoms with Gasteiger partial charge in [0.2, 0.25) is 0 Å². The zero-order chi connectivity index (χ0) is 37.0. The van der Waals surface area contributed by atoms with Crippen LogP contribution in [0.2, 0.25) is 0 Å². The molecule has 6 aromatic rings. The van der Waals surface area contributed by atoms with Crippen molar-refractivity contribution in [1.29, 1.82) is 0 Å². The Bertz CT molecular complexity index is 2600. The van der Waals surface area contributed by atoms with Crippen molar-refractivity contribution in [2.45, 2.75) is 56.5 Å². The van der Waals surface area contributed by atoms with Gasteiger partial charge in [0.15, 0.2) is 11.6 Å². The summed E-state index contributed by atoms with van der Waals surface area (Å²) in [5.74, 6) is -1.11. The number of aromatic nitrogens is 4. The second kappa shape index (κ2) is 12.0. The second-order valence-corrected chi connectivity index (χ2v) is 15.5. The number of amides is 1. The minimum absolute atomic E-state index is 0.0609. The molecular formula is C39H30F4N6O4S. The summed E-state index contributed by atoms with van der Waals surface area (Å²) in [6.07, 6.45) is 0.564. The van der Waals surface area contributed by atoms with E-state index in [1.807, 2.05) is 4.90 Å². The van der Waals surface area contributed by atoms with E-state index < -0.39 is 29.2 Å². The Morgan fingerprint density at radius 1 is 1.06 bits per heavy atom. The Labute approximate surface area is 308 Å². The number of pyridine rings is 2. The Morgan fingerprint density at radius 2 is 1.87 bits per heavy atom. The quantitative estimate of drug-likeness (QED) is 0.143. The molecule has 274 valence electrons. The molecule has 2 aliphatic carbocycles. The van der Waals surface area contributed by atoms with Crippen LogP contribution in [-0.4, -0.2) is 44.6 Å². The molecule has 2 N–H and O–H groups in total. The Kier molecular flexibility index (Phi) is 7.32. The van der Waals surface area contributed by atoms with Crippen LogP contribution in [0.4, 0.5) is 23.4 Å². The first-order chi connectivity index (χ1) is 26.1. The molecule has 3 fully saturated rings. The Morgan fingerprint density at radius 3 is 2.61 bits per heavy atom. The monoisotopic (exact) mass is 754 g/mol. The van der Waals surface area contributed by atoms with Crippen molar-refractivity contribution in [2.75, 3.05) is 19.0 Å². The molecule has 2 aromatic carbocycles. The smallest absolute Gasteiger partial charge is 0.434 e. The maximum absolute atomic E-state index is 14.6. The van der Waals surface area contributed by atoms with Crippen molar-refractivity contribution in [1.82, 2.24) is 25.1 Å². The summed E-state index contributed by atoms with van der Waals surface area (Å²) < 4.78 is 68.7. The Hall–Kier alpha value is -5.57. The molecule has 1 amide bonds. The first kappa shape index (κ1) is 33.0. The number of benzene rings is 2. The number of nitrogens with one attached hydrogen (secondary N) is 2. The number of hydrogen-bond acceptors (Lipinski definition) is 9. The molecule has 1 atom stereocenters. The lowest BCUT2D eigenvalue weighted by atomic mass is 9.71. The van der Waals surface area contributed by atoms with Gasteiger partial charge in [0.25, 0.3) is 18.2 Å². The van der Waals surface area contributed by atoms with Gasteiger partial charge in [-0.1, -0.05) is 18.2 Å². The van der Waals surface area contributed by atoms with Gasteiger partial charge in [-0.3, -0.25) is 9.78 Å². The predicted octanol–water partition coefficient (Wildman–Crippen LogP) is 7.89. The van der Waals surface area contributed by atoms with E-state index in [0.717, 1.165) is 24.0 Å². The average Bonchev–Trinajstić information content (AvgIpc) is 3.99. The summed E-state index contributed by atoms with van der Waals surface area (Å²) in [4.78, 5) is 38.8. The minimum atomic E-state index is -2.88. The molecule has 5 aliphatic rings. The lowest BCUT2D eigenvalue weighted by Crippen LogP contribution is -2.40. The van der Waals surface area contributed by atoms with Crippen LogP contribution in [0.15, 0.2) is 57.7 Å². The largest absolute Gasteiger partial charge is 0.493 e. The van der Waals surface area contributed by atoms with Crippen molar-refractivity contribution in [3.8, 4) is 27.6 Å². The van der Waals surface area contributed by atoms with E-state index in [0.29, 0.717) is 86.8 Å². The normalized spacial score (nSPS) is 20.8. The number of thiophene rings is 1. The number of carbonyl (C=O) groups is 1. The van der Waals surface area contributed by atoms with Gasteiger partial charge in [-0.05, 0) is 91.3 Å². The van der Waals surface area contributed by atoms with Gasteiger partial charge in [-0.25, -0.2) is 32.4 Å². The molecule has 2 bridgehead atoms. The fraction of sp³-hybridized carbons (Fsp3) is 0.308. The number of hydrogen-bond donors (Lipinski definition) is 2. The minimum Gasteiger partial charge on any atom is -0.493 e. The fourth-order valence-corrected chi connectivity index (χ4v) is 10.2. The number of carbonyl (C=O) groups excluding carboxylic acids is 1. The van der Waals surface area contributed by atoms with Gasteiger partial charge in [0.1, 0.15) is 17.3 Å². The number of H-pyrrole nitrogens is 1. The molecular weight excluding hydrogens is 725 g/mol. The number of rotatable bonds is 9. The zero-order valence-corrected chi connectivity index (χ0v) is 29.5. The van der Waals surface area contributed by atoms with Crippen molar-refractivity contribution >= 4 is 33.1 Å². The summed E-state index contributed by atoms with van der Waals surface area (Å²) >= 11 is 1.27. The number of aromatic amines is 1. The van der Waals surface area contributed by atoms with Crippen molar-refractivity contribution in [2.24, 2.45) is 5.92 Å². The predicted molar refractivity (Wildman–Crippen MR) is 191 cm³/mol.